The van der Waals surface area contributed by atoms with Crippen LogP contribution in [0.4, 0.5) is 10.5 Å². The molecule has 108 valence electrons. The first-order chi connectivity index (χ1) is 9.63. The maximum atomic E-state index is 11.6. The van der Waals surface area contributed by atoms with Gasteiger partial charge in [0.1, 0.15) is 0 Å². The third-order valence-electron chi connectivity index (χ3n) is 3.41. The standard InChI is InChI=1S/C15H20N2O3/c1-3-4-14(18)16-13-6-5-11-7-8-17(15(19)20-2)10-12(11)9-13/h5-6,9H,3-4,7-8,10H2,1-2H3,(H,16,18). The molecule has 20 heavy (non-hydrogen) atoms. The Hall–Kier alpha value is -2.04. The molecule has 0 bridgehead atoms. The minimum absolute atomic E-state index is 0.0214. The number of carbonyl (C=O) groups excluding carboxylic acids is 2. The average molecular weight is 276 g/mol. The van der Waals surface area contributed by atoms with Crippen molar-refractivity contribution in [1.82, 2.24) is 4.90 Å². The van der Waals surface area contributed by atoms with E-state index >= 15 is 0 Å². The van der Waals surface area contributed by atoms with Gasteiger partial charge in [-0.2, -0.15) is 0 Å². The summed E-state index contributed by atoms with van der Waals surface area (Å²) in [5.74, 6) is 0.0214. The first-order valence-corrected chi connectivity index (χ1v) is 6.88. The highest BCUT2D eigenvalue weighted by molar-refractivity contribution is 5.90. The molecule has 0 fully saturated rings. The van der Waals surface area contributed by atoms with Gasteiger partial charge >= 0.3 is 6.09 Å². The molecule has 2 amide bonds. The zero-order valence-corrected chi connectivity index (χ0v) is 11.9. The SMILES string of the molecule is CCCC(=O)Nc1ccc2c(c1)CN(C(=O)OC)CC2. The van der Waals surface area contributed by atoms with Gasteiger partial charge < -0.3 is 15.0 Å². The molecule has 1 aromatic rings. The number of amides is 2. The van der Waals surface area contributed by atoms with Gasteiger partial charge in [0.2, 0.25) is 5.91 Å². The maximum absolute atomic E-state index is 11.6. The molecule has 2 rings (SSSR count). The lowest BCUT2D eigenvalue weighted by Crippen LogP contribution is -2.35. The molecule has 1 aliphatic heterocycles. The number of nitrogens with one attached hydrogen (secondary N) is 1. The number of anilines is 1. The molecule has 0 unspecified atom stereocenters. The van der Waals surface area contributed by atoms with Crippen molar-refractivity contribution in [2.45, 2.75) is 32.7 Å². The summed E-state index contributed by atoms with van der Waals surface area (Å²) in [4.78, 5) is 24.8. The maximum Gasteiger partial charge on any atom is 0.409 e. The van der Waals surface area contributed by atoms with Crippen LogP contribution in [0.2, 0.25) is 0 Å². The summed E-state index contributed by atoms with van der Waals surface area (Å²) in [5.41, 5.74) is 3.07. The molecule has 0 radical (unpaired) electrons. The van der Waals surface area contributed by atoms with Gasteiger partial charge in [-0.15, -0.1) is 0 Å². The molecule has 5 heteroatoms. The third-order valence-corrected chi connectivity index (χ3v) is 3.41. The highest BCUT2D eigenvalue weighted by Crippen LogP contribution is 2.23. The minimum atomic E-state index is -0.309. The van der Waals surface area contributed by atoms with Crippen molar-refractivity contribution < 1.29 is 14.3 Å². The summed E-state index contributed by atoms with van der Waals surface area (Å²) in [6, 6.07) is 5.88. The van der Waals surface area contributed by atoms with E-state index in [4.69, 9.17) is 4.74 Å². The predicted octanol–water partition coefficient (Wildman–Crippen LogP) is 2.55. The van der Waals surface area contributed by atoms with E-state index in [1.54, 1.807) is 4.90 Å². The van der Waals surface area contributed by atoms with Crippen molar-refractivity contribution in [3.05, 3.63) is 29.3 Å². The lowest BCUT2D eigenvalue weighted by molar-refractivity contribution is -0.116. The highest BCUT2D eigenvalue weighted by atomic mass is 16.5. The summed E-state index contributed by atoms with van der Waals surface area (Å²) in [7, 11) is 1.39. The molecule has 0 atom stereocenters. The van der Waals surface area contributed by atoms with Gasteiger partial charge in [0.25, 0.3) is 0 Å². The Morgan fingerprint density at radius 1 is 1.35 bits per heavy atom. The van der Waals surface area contributed by atoms with E-state index in [1.165, 1.54) is 12.7 Å². The summed E-state index contributed by atoms with van der Waals surface area (Å²) >= 11 is 0. The Balaban J connectivity index is 2.10. The van der Waals surface area contributed by atoms with Gasteiger partial charge in [-0.1, -0.05) is 13.0 Å². The van der Waals surface area contributed by atoms with E-state index in [9.17, 15) is 9.59 Å². The van der Waals surface area contributed by atoms with Crippen molar-refractivity contribution in [3.8, 4) is 0 Å². The predicted molar refractivity (Wildman–Crippen MR) is 76.5 cm³/mol. The number of carbonyl (C=O) groups is 2. The molecule has 1 aliphatic rings. The van der Waals surface area contributed by atoms with Gasteiger partial charge in [-0.25, -0.2) is 4.79 Å². The van der Waals surface area contributed by atoms with Crippen LogP contribution in [0.3, 0.4) is 0 Å². The van der Waals surface area contributed by atoms with Gasteiger partial charge in [-0.05, 0) is 36.1 Å². The molecule has 0 spiro atoms. The van der Waals surface area contributed by atoms with E-state index in [0.717, 1.165) is 24.1 Å². The quantitative estimate of drug-likeness (QED) is 0.923. The molecule has 0 aromatic heterocycles. The van der Waals surface area contributed by atoms with Crippen LogP contribution in [0, 0.1) is 0 Å². The smallest absolute Gasteiger partial charge is 0.409 e. The van der Waals surface area contributed by atoms with Crippen molar-refractivity contribution in [2.75, 3.05) is 19.0 Å². The van der Waals surface area contributed by atoms with E-state index in [1.807, 2.05) is 25.1 Å². The van der Waals surface area contributed by atoms with E-state index in [-0.39, 0.29) is 12.0 Å². The Bertz CT molecular complexity index is 514. The van der Waals surface area contributed by atoms with Crippen LogP contribution in [-0.2, 0) is 22.5 Å². The fourth-order valence-corrected chi connectivity index (χ4v) is 2.37. The van der Waals surface area contributed by atoms with E-state index in [0.29, 0.717) is 19.5 Å². The fraction of sp³-hybridized carbons (Fsp3) is 0.467. The lowest BCUT2D eigenvalue weighted by atomic mass is 9.99. The number of methoxy groups -OCH3 is 1. The van der Waals surface area contributed by atoms with E-state index in [2.05, 4.69) is 5.32 Å². The van der Waals surface area contributed by atoms with Crippen LogP contribution in [0.25, 0.3) is 0 Å². The molecule has 0 saturated carbocycles. The third kappa shape index (κ3) is 3.29. The molecule has 0 saturated heterocycles. The number of hydrogen-bond donors (Lipinski definition) is 1. The number of fused-ring (bicyclic) bond motifs is 1. The lowest BCUT2D eigenvalue weighted by Gasteiger charge is -2.28. The summed E-state index contributed by atoms with van der Waals surface area (Å²) in [6.45, 7) is 3.17. The second-order valence-corrected chi connectivity index (χ2v) is 4.92. The summed E-state index contributed by atoms with van der Waals surface area (Å²) in [6.07, 6.45) is 1.85. The van der Waals surface area contributed by atoms with Crippen LogP contribution >= 0.6 is 0 Å². The summed E-state index contributed by atoms with van der Waals surface area (Å²) < 4.78 is 4.75. The average Bonchev–Trinajstić information content (AvgIpc) is 2.45. The molecule has 5 nitrogen and oxygen atoms in total. The number of hydrogen-bond acceptors (Lipinski definition) is 3. The normalized spacial score (nSPS) is 13.6. The van der Waals surface area contributed by atoms with Crippen molar-refractivity contribution in [1.29, 1.82) is 0 Å². The van der Waals surface area contributed by atoms with Crippen molar-refractivity contribution in [3.63, 3.8) is 0 Å². The van der Waals surface area contributed by atoms with E-state index < -0.39 is 0 Å². The zero-order chi connectivity index (χ0) is 14.5. The molecular weight excluding hydrogens is 256 g/mol. The van der Waals surface area contributed by atoms with Gasteiger partial charge in [0.15, 0.2) is 0 Å². The topological polar surface area (TPSA) is 58.6 Å². The minimum Gasteiger partial charge on any atom is -0.453 e. The molecule has 0 aliphatic carbocycles. The zero-order valence-electron chi connectivity index (χ0n) is 11.9. The Kier molecular flexibility index (Phi) is 4.61. The summed E-state index contributed by atoms with van der Waals surface area (Å²) in [5, 5.41) is 2.88. The number of nitrogens with zero attached hydrogens (tertiary/aromatic N) is 1. The van der Waals surface area contributed by atoms with Gasteiger partial charge in [-0.3, -0.25) is 4.79 Å². The largest absolute Gasteiger partial charge is 0.453 e. The second kappa shape index (κ2) is 6.41. The van der Waals surface area contributed by atoms with Crippen LogP contribution in [0.1, 0.15) is 30.9 Å². The molecule has 1 aromatic carbocycles. The number of benzene rings is 1. The van der Waals surface area contributed by atoms with Crippen molar-refractivity contribution in [2.24, 2.45) is 0 Å². The van der Waals surface area contributed by atoms with Crippen molar-refractivity contribution >= 4 is 17.7 Å². The Morgan fingerprint density at radius 3 is 2.85 bits per heavy atom. The van der Waals surface area contributed by atoms with Crippen LogP contribution in [0.15, 0.2) is 18.2 Å². The Labute approximate surface area is 118 Å². The van der Waals surface area contributed by atoms with Crippen LogP contribution < -0.4 is 5.32 Å². The van der Waals surface area contributed by atoms with Crippen LogP contribution in [0.5, 0.6) is 0 Å². The molecule has 1 N–H and O–H groups in total. The van der Waals surface area contributed by atoms with Crippen LogP contribution in [-0.4, -0.2) is 30.6 Å². The van der Waals surface area contributed by atoms with Gasteiger partial charge in [0, 0.05) is 25.2 Å². The highest BCUT2D eigenvalue weighted by Gasteiger charge is 2.21. The Morgan fingerprint density at radius 2 is 2.15 bits per heavy atom. The fourth-order valence-electron chi connectivity index (χ4n) is 2.37. The molecular formula is C15H20N2O3. The number of ether oxygens (including phenoxy) is 1. The second-order valence-electron chi connectivity index (χ2n) is 4.92. The monoisotopic (exact) mass is 276 g/mol. The molecule has 1 heterocycles. The van der Waals surface area contributed by atoms with Gasteiger partial charge in [0.05, 0.1) is 7.11 Å². The first kappa shape index (κ1) is 14.4. The first-order valence-electron chi connectivity index (χ1n) is 6.88. The number of rotatable bonds is 3.